The molecule has 0 aliphatic carbocycles. The number of carbonyl (C=O) groups is 1. The molecular formula is C11H12F3NOS. The van der Waals surface area contributed by atoms with Crippen LogP contribution < -0.4 is 0 Å². The molecule has 1 atom stereocenters. The Morgan fingerprint density at radius 1 is 1.35 bits per heavy atom. The molecular weight excluding hydrogens is 251 g/mol. The Hall–Kier alpha value is -1.01. The van der Waals surface area contributed by atoms with Gasteiger partial charge in [0.15, 0.2) is 0 Å². The van der Waals surface area contributed by atoms with E-state index in [1.54, 1.807) is 14.1 Å². The number of hydrogen-bond acceptors (Lipinski definition) is 2. The van der Waals surface area contributed by atoms with Crippen LogP contribution >= 0.6 is 12.6 Å². The van der Waals surface area contributed by atoms with Gasteiger partial charge in [-0.3, -0.25) is 9.69 Å². The summed E-state index contributed by atoms with van der Waals surface area (Å²) in [4.78, 5) is 12.8. The summed E-state index contributed by atoms with van der Waals surface area (Å²) in [6, 6.07) is 3.93. The number of carbonyl (C=O) groups excluding carboxylic acids is 1. The molecule has 0 aromatic heterocycles. The van der Waals surface area contributed by atoms with E-state index in [1.165, 1.54) is 17.0 Å². The van der Waals surface area contributed by atoms with Crippen LogP contribution in [0.1, 0.15) is 17.2 Å². The number of halogens is 3. The lowest BCUT2D eigenvalue weighted by molar-refractivity contribution is -0.137. The summed E-state index contributed by atoms with van der Waals surface area (Å²) < 4.78 is 37.5. The van der Waals surface area contributed by atoms with Gasteiger partial charge in [0.1, 0.15) is 6.04 Å². The van der Waals surface area contributed by atoms with Crippen LogP contribution in [0.25, 0.3) is 0 Å². The summed E-state index contributed by atoms with van der Waals surface area (Å²) in [6.07, 6.45) is -4.41. The molecule has 6 heteroatoms. The van der Waals surface area contributed by atoms with Crippen molar-refractivity contribution in [1.82, 2.24) is 4.90 Å². The van der Waals surface area contributed by atoms with Crippen molar-refractivity contribution in [3.8, 4) is 0 Å². The third-order valence-corrected chi connectivity index (χ3v) is 2.52. The Morgan fingerprint density at radius 3 is 2.35 bits per heavy atom. The maximum atomic E-state index is 12.5. The molecule has 17 heavy (non-hydrogen) atoms. The number of benzene rings is 1. The monoisotopic (exact) mass is 263 g/mol. The lowest BCUT2D eigenvalue weighted by Gasteiger charge is -2.22. The van der Waals surface area contributed by atoms with Crippen LogP contribution in [0.15, 0.2) is 24.3 Å². The van der Waals surface area contributed by atoms with Gasteiger partial charge in [-0.1, -0.05) is 12.1 Å². The third-order valence-electron chi connectivity index (χ3n) is 2.28. The first-order valence-electron chi connectivity index (χ1n) is 4.80. The first kappa shape index (κ1) is 14.1. The van der Waals surface area contributed by atoms with E-state index in [0.29, 0.717) is 0 Å². The van der Waals surface area contributed by atoms with E-state index in [2.05, 4.69) is 12.6 Å². The molecule has 0 spiro atoms. The second-order valence-electron chi connectivity index (χ2n) is 3.83. The molecule has 0 saturated carbocycles. The number of alkyl halides is 3. The summed E-state index contributed by atoms with van der Waals surface area (Å²) in [5.41, 5.74) is -0.485. The Kier molecular flexibility index (Phi) is 4.21. The average molecular weight is 263 g/mol. The minimum atomic E-state index is -4.41. The summed E-state index contributed by atoms with van der Waals surface area (Å²) in [6.45, 7) is 0. The molecule has 1 aromatic carbocycles. The van der Waals surface area contributed by atoms with E-state index in [1.807, 2.05) is 0 Å². The quantitative estimate of drug-likeness (QED) is 0.846. The first-order valence-corrected chi connectivity index (χ1v) is 5.24. The van der Waals surface area contributed by atoms with Gasteiger partial charge < -0.3 is 0 Å². The topological polar surface area (TPSA) is 20.3 Å². The SMILES string of the molecule is CN(C)C(C(=O)S)c1cccc(C(F)(F)F)c1. The fraction of sp³-hybridized carbons (Fsp3) is 0.364. The van der Waals surface area contributed by atoms with Gasteiger partial charge in [-0.05, 0) is 31.8 Å². The van der Waals surface area contributed by atoms with Crippen LogP contribution in [-0.2, 0) is 11.0 Å². The molecule has 94 valence electrons. The average Bonchev–Trinajstić information content (AvgIpc) is 2.15. The maximum absolute atomic E-state index is 12.5. The van der Waals surface area contributed by atoms with Gasteiger partial charge in [-0.15, -0.1) is 12.6 Å². The van der Waals surface area contributed by atoms with Crippen molar-refractivity contribution in [2.45, 2.75) is 12.2 Å². The molecule has 0 heterocycles. The van der Waals surface area contributed by atoms with Crippen LogP contribution in [0.3, 0.4) is 0 Å². The van der Waals surface area contributed by atoms with Crippen molar-refractivity contribution < 1.29 is 18.0 Å². The number of hydrogen-bond donors (Lipinski definition) is 1. The molecule has 0 aliphatic rings. The van der Waals surface area contributed by atoms with Crippen LogP contribution in [0, 0.1) is 0 Å². The number of thiol groups is 1. The van der Waals surface area contributed by atoms with Crippen molar-refractivity contribution in [2.24, 2.45) is 0 Å². The minimum Gasteiger partial charge on any atom is -0.295 e. The molecule has 0 radical (unpaired) electrons. The highest BCUT2D eigenvalue weighted by Crippen LogP contribution is 2.31. The van der Waals surface area contributed by atoms with E-state index in [0.717, 1.165) is 12.1 Å². The second-order valence-corrected chi connectivity index (χ2v) is 4.27. The first-order chi connectivity index (χ1) is 7.73. The zero-order chi connectivity index (χ0) is 13.2. The maximum Gasteiger partial charge on any atom is 0.416 e. The predicted octanol–water partition coefficient (Wildman–Crippen LogP) is 2.76. The van der Waals surface area contributed by atoms with E-state index >= 15 is 0 Å². The van der Waals surface area contributed by atoms with Crippen LogP contribution in [-0.4, -0.2) is 24.1 Å². The molecule has 0 saturated heterocycles. The Morgan fingerprint density at radius 2 is 1.94 bits per heavy atom. The van der Waals surface area contributed by atoms with Gasteiger partial charge in [0.2, 0.25) is 5.12 Å². The second kappa shape index (κ2) is 5.10. The van der Waals surface area contributed by atoms with E-state index in [-0.39, 0.29) is 5.56 Å². The van der Waals surface area contributed by atoms with Crippen molar-refractivity contribution in [3.63, 3.8) is 0 Å². The van der Waals surface area contributed by atoms with Gasteiger partial charge >= 0.3 is 6.18 Å². The van der Waals surface area contributed by atoms with Gasteiger partial charge in [0.25, 0.3) is 0 Å². The number of rotatable bonds is 3. The lowest BCUT2D eigenvalue weighted by atomic mass is 10.0. The molecule has 0 amide bonds. The largest absolute Gasteiger partial charge is 0.416 e. The molecule has 1 unspecified atom stereocenters. The summed E-state index contributed by atoms with van der Waals surface area (Å²) >= 11 is 3.69. The van der Waals surface area contributed by atoms with Gasteiger partial charge in [0, 0.05) is 0 Å². The minimum absolute atomic E-state index is 0.282. The fourth-order valence-corrected chi connectivity index (χ4v) is 1.93. The van der Waals surface area contributed by atoms with Crippen molar-refractivity contribution in [3.05, 3.63) is 35.4 Å². The predicted molar refractivity (Wildman–Crippen MR) is 61.9 cm³/mol. The molecule has 0 aliphatic heterocycles. The van der Waals surface area contributed by atoms with Gasteiger partial charge in [-0.25, -0.2) is 0 Å². The smallest absolute Gasteiger partial charge is 0.295 e. The van der Waals surface area contributed by atoms with Crippen LogP contribution in [0.2, 0.25) is 0 Å². The standard InChI is InChI=1S/C11H12F3NOS/c1-15(2)9(10(16)17)7-4-3-5-8(6-7)11(12,13)14/h3-6,9H,1-2H3,(H,16,17). The summed E-state index contributed by atoms with van der Waals surface area (Å²) in [5.74, 6) is 0. The Labute approximate surface area is 103 Å². The molecule has 1 rings (SSSR count). The summed E-state index contributed by atoms with van der Waals surface area (Å²) in [5, 5.41) is -0.491. The van der Waals surface area contributed by atoms with Crippen molar-refractivity contribution in [1.29, 1.82) is 0 Å². The van der Waals surface area contributed by atoms with Crippen LogP contribution in [0.4, 0.5) is 13.2 Å². The van der Waals surface area contributed by atoms with Gasteiger partial charge in [0.05, 0.1) is 5.56 Å². The van der Waals surface area contributed by atoms with E-state index in [9.17, 15) is 18.0 Å². The molecule has 2 nitrogen and oxygen atoms in total. The fourth-order valence-electron chi connectivity index (χ4n) is 1.55. The normalized spacial score (nSPS) is 13.8. The van der Waals surface area contributed by atoms with Crippen molar-refractivity contribution >= 4 is 17.7 Å². The molecule has 0 fully saturated rings. The number of nitrogens with zero attached hydrogens (tertiary/aromatic N) is 1. The highest BCUT2D eigenvalue weighted by atomic mass is 32.1. The Bertz CT molecular complexity index is 417. The highest BCUT2D eigenvalue weighted by Gasteiger charge is 2.31. The molecule has 1 aromatic rings. The van der Waals surface area contributed by atoms with Gasteiger partial charge in [-0.2, -0.15) is 13.2 Å². The molecule has 0 bridgehead atoms. The Balaban J connectivity index is 3.18. The molecule has 0 N–H and O–H groups in total. The number of likely N-dealkylation sites (N-methyl/N-ethyl adjacent to an activating group) is 1. The van der Waals surface area contributed by atoms with Crippen molar-refractivity contribution in [2.75, 3.05) is 14.1 Å². The third kappa shape index (κ3) is 3.47. The van der Waals surface area contributed by atoms with E-state index in [4.69, 9.17) is 0 Å². The van der Waals surface area contributed by atoms with Crippen LogP contribution in [0.5, 0.6) is 0 Å². The van der Waals surface area contributed by atoms with E-state index < -0.39 is 22.9 Å². The zero-order valence-corrected chi connectivity index (χ0v) is 10.2. The summed E-state index contributed by atoms with van der Waals surface area (Å²) in [7, 11) is 3.22. The highest BCUT2D eigenvalue weighted by molar-refractivity contribution is 7.96. The lowest BCUT2D eigenvalue weighted by Crippen LogP contribution is -2.25. The zero-order valence-electron chi connectivity index (χ0n) is 9.32.